The molecule has 0 spiro atoms. The Hall–Kier alpha value is -1.24. The number of hydrogen-bond donors (Lipinski definition) is 1. The van der Waals surface area contributed by atoms with E-state index in [2.05, 4.69) is 35.9 Å². The maximum atomic E-state index is 12.2. The average molecular weight is 428 g/mol. The van der Waals surface area contributed by atoms with Crippen molar-refractivity contribution in [2.45, 2.75) is 0 Å². The number of aromatic nitrogens is 2. The van der Waals surface area contributed by atoms with Crippen molar-refractivity contribution in [2.24, 2.45) is 0 Å². The SMILES string of the molecule is O=C(Nc1cccc2n[se]nc12)c1cccc(I)c1. The first-order valence-electron chi connectivity index (χ1n) is 5.52. The molecule has 0 radical (unpaired) electrons. The molecule has 94 valence electrons. The van der Waals surface area contributed by atoms with Crippen molar-refractivity contribution in [3.8, 4) is 0 Å². The number of carbonyl (C=O) groups excluding carboxylic acids is 1. The summed E-state index contributed by atoms with van der Waals surface area (Å²) in [4.78, 5) is 12.2. The molecule has 0 aliphatic carbocycles. The third-order valence-electron chi connectivity index (χ3n) is 2.62. The predicted molar refractivity (Wildman–Crippen MR) is 83.6 cm³/mol. The van der Waals surface area contributed by atoms with Crippen LogP contribution in [0.1, 0.15) is 10.4 Å². The van der Waals surface area contributed by atoms with E-state index < -0.39 is 0 Å². The molecule has 0 unspecified atom stereocenters. The quantitative estimate of drug-likeness (QED) is 0.505. The molecule has 1 N–H and O–H groups in total. The molecule has 3 aromatic rings. The van der Waals surface area contributed by atoms with E-state index in [1.807, 2.05) is 36.4 Å². The second kappa shape index (κ2) is 5.40. The molecule has 1 amide bonds. The van der Waals surface area contributed by atoms with Gasteiger partial charge in [-0.3, -0.25) is 0 Å². The van der Waals surface area contributed by atoms with Gasteiger partial charge >= 0.3 is 130 Å². The van der Waals surface area contributed by atoms with Crippen LogP contribution in [0, 0.1) is 3.57 Å². The fourth-order valence-corrected chi connectivity index (χ4v) is 3.43. The van der Waals surface area contributed by atoms with Gasteiger partial charge in [0.25, 0.3) is 0 Å². The fourth-order valence-electron chi connectivity index (χ4n) is 1.73. The van der Waals surface area contributed by atoms with Gasteiger partial charge in [-0.1, -0.05) is 0 Å². The summed E-state index contributed by atoms with van der Waals surface area (Å²) in [5.41, 5.74) is 3.02. The van der Waals surface area contributed by atoms with Gasteiger partial charge in [0, 0.05) is 0 Å². The van der Waals surface area contributed by atoms with Crippen LogP contribution >= 0.6 is 22.6 Å². The molecule has 6 heteroatoms. The van der Waals surface area contributed by atoms with E-state index in [9.17, 15) is 4.79 Å². The minimum atomic E-state index is -0.124. The number of hydrogen-bond acceptors (Lipinski definition) is 3. The van der Waals surface area contributed by atoms with Crippen LogP contribution in [-0.2, 0) is 0 Å². The van der Waals surface area contributed by atoms with Crippen molar-refractivity contribution in [1.82, 2.24) is 7.96 Å². The number of fused-ring (bicyclic) bond motifs is 1. The van der Waals surface area contributed by atoms with E-state index in [-0.39, 0.29) is 20.9 Å². The summed E-state index contributed by atoms with van der Waals surface area (Å²) < 4.78 is 9.67. The Morgan fingerprint density at radius 2 is 2.00 bits per heavy atom. The van der Waals surface area contributed by atoms with Gasteiger partial charge in [-0.15, -0.1) is 0 Å². The summed E-state index contributed by atoms with van der Waals surface area (Å²) in [7, 11) is 0. The molecule has 1 aromatic heterocycles. The summed E-state index contributed by atoms with van der Waals surface area (Å²) in [6.07, 6.45) is 0. The molecule has 0 bridgehead atoms. The van der Waals surface area contributed by atoms with Crippen molar-refractivity contribution < 1.29 is 4.79 Å². The Morgan fingerprint density at radius 1 is 1.16 bits per heavy atom. The first kappa shape index (κ1) is 12.8. The number of anilines is 1. The van der Waals surface area contributed by atoms with Crippen molar-refractivity contribution in [2.75, 3.05) is 5.32 Å². The van der Waals surface area contributed by atoms with E-state index in [4.69, 9.17) is 0 Å². The van der Waals surface area contributed by atoms with E-state index >= 15 is 0 Å². The first-order valence-corrected chi connectivity index (χ1v) is 8.13. The zero-order valence-electron chi connectivity index (χ0n) is 9.63. The molecule has 0 saturated heterocycles. The van der Waals surface area contributed by atoms with E-state index in [0.29, 0.717) is 5.56 Å². The Labute approximate surface area is 129 Å². The van der Waals surface area contributed by atoms with Crippen LogP contribution in [0.3, 0.4) is 0 Å². The second-order valence-electron chi connectivity index (χ2n) is 3.90. The summed E-state index contributed by atoms with van der Waals surface area (Å²) in [5, 5.41) is 2.90. The fraction of sp³-hybridized carbons (Fsp3) is 0. The van der Waals surface area contributed by atoms with Gasteiger partial charge in [-0.25, -0.2) is 0 Å². The zero-order chi connectivity index (χ0) is 13.2. The van der Waals surface area contributed by atoms with Crippen molar-refractivity contribution >= 4 is 60.2 Å². The van der Waals surface area contributed by atoms with E-state index in [0.717, 1.165) is 20.3 Å². The van der Waals surface area contributed by atoms with Gasteiger partial charge < -0.3 is 0 Å². The summed E-state index contributed by atoms with van der Waals surface area (Å²) in [6.45, 7) is 0. The van der Waals surface area contributed by atoms with Crippen LogP contribution in [-0.4, -0.2) is 28.8 Å². The van der Waals surface area contributed by atoms with Gasteiger partial charge in [0.1, 0.15) is 0 Å². The molecule has 0 aliphatic rings. The number of rotatable bonds is 2. The van der Waals surface area contributed by atoms with Crippen molar-refractivity contribution in [3.05, 3.63) is 51.6 Å². The Bertz CT molecular complexity index is 756. The topological polar surface area (TPSA) is 54.9 Å². The van der Waals surface area contributed by atoms with Crippen molar-refractivity contribution in [3.63, 3.8) is 0 Å². The number of carbonyl (C=O) groups is 1. The summed E-state index contributed by atoms with van der Waals surface area (Å²) in [5.74, 6) is -0.124. The van der Waals surface area contributed by atoms with Gasteiger partial charge in [0.15, 0.2) is 0 Å². The standard InChI is InChI=1S/C13H8IN3OSe/c14-9-4-1-3-8(7-9)13(18)15-10-5-2-6-11-12(10)17-19-16-11/h1-7H,(H,15,18). The van der Waals surface area contributed by atoms with Crippen LogP contribution in [0.4, 0.5) is 5.69 Å². The molecule has 0 fully saturated rings. The molecule has 3 rings (SSSR count). The van der Waals surface area contributed by atoms with E-state index in [1.165, 1.54) is 0 Å². The predicted octanol–water partition coefficient (Wildman–Crippen LogP) is 2.54. The number of benzene rings is 2. The normalized spacial score (nSPS) is 10.6. The first-order chi connectivity index (χ1) is 9.24. The average Bonchev–Trinajstić information content (AvgIpc) is 2.88. The summed E-state index contributed by atoms with van der Waals surface area (Å²) in [6, 6.07) is 13.1. The monoisotopic (exact) mass is 429 g/mol. The zero-order valence-corrected chi connectivity index (χ0v) is 13.5. The third kappa shape index (κ3) is 2.70. The Kier molecular flexibility index (Phi) is 3.63. The van der Waals surface area contributed by atoms with Crippen LogP contribution in [0.5, 0.6) is 0 Å². The molecular weight excluding hydrogens is 420 g/mol. The molecule has 0 atom stereocenters. The van der Waals surface area contributed by atoms with Gasteiger partial charge in [0.2, 0.25) is 0 Å². The van der Waals surface area contributed by atoms with Gasteiger partial charge in [-0.2, -0.15) is 0 Å². The molecule has 2 aromatic carbocycles. The molecule has 1 heterocycles. The van der Waals surface area contributed by atoms with Gasteiger partial charge in [-0.05, 0) is 0 Å². The minimum absolute atomic E-state index is 0.0920. The molecule has 0 aliphatic heterocycles. The summed E-state index contributed by atoms with van der Waals surface area (Å²) >= 11 is 2.10. The Balaban J connectivity index is 1.93. The molecule has 4 nitrogen and oxygen atoms in total. The number of nitrogens with zero attached hydrogens (tertiary/aromatic N) is 2. The molecular formula is C13H8IN3OSe. The number of amides is 1. The second-order valence-corrected chi connectivity index (χ2v) is 6.26. The molecule has 0 saturated carbocycles. The van der Waals surface area contributed by atoms with Crippen LogP contribution in [0.15, 0.2) is 42.5 Å². The number of halogens is 1. The third-order valence-corrected chi connectivity index (χ3v) is 4.43. The van der Waals surface area contributed by atoms with E-state index in [1.54, 1.807) is 6.07 Å². The van der Waals surface area contributed by atoms with Crippen LogP contribution in [0.25, 0.3) is 11.0 Å². The molecule has 19 heavy (non-hydrogen) atoms. The van der Waals surface area contributed by atoms with Crippen LogP contribution in [0.2, 0.25) is 0 Å². The van der Waals surface area contributed by atoms with Gasteiger partial charge in [0.05, 0.1) is 0 Å². The maximum absolute atomic E-state index is 12.2. The van der Waals surface area contributed by atoms with Crippen molar-refractivity contribution in [1.29, 1.82) is 0 Å². The van der Waals surface area contributed by atoms with Crippen LogP contribution < -0.4 is 5.32 Å². The number of nitrogens with one attached hydrogen (secondary N) is 1. The Morgan fingerprint density at radius 3 is 2.84 bits per heavy atom.